The molecule has 1 atom stereocenters. The monoisotopic (exact) mass is 893 g/mol. The predicted molar refractivity (Wildman–Crippen MR) is 274 cm³/mol. The largest absolute Gasteiger partial charge is 0.462 e. The van der Waals surface area contributed by atoms with Gasteiger partial charge in [0.1, 0.15) is 13.2 Å². The number of esters is 3. The van der Waals surface area contributed by atoms with Crippen LogP contribution in [0, 0.1) is 0 Å². The van der Waals surface area contributed by atoms with Crippen LogP contribution in [0.1, 0.15) is 258 Å². The zero-order valence-corrected chi connectivity index (χ0v) is 42.0. The summed E-state index contributed by atoms with van der Waals surface area (Å²) in [5.41, 5.74) is 0. The van der Waals surface area contributed by atoms with Crippen LogP contribution < -0.4 is 0 Å². The summed E-state index contributed by atoms with van der Waals surface area (Å²) in [5, 5.41) is 0. The predicted octanol–water partition coefficient (Wildman–Crippen LogP) is 17.8. The summed E-state index contributed by atoms with van der Waals surface area (Å²) in [7, 11) is 0. The van der Waals surface area contributed by atoms with Gasteiger partial charge in [0.15, 0.2) is 6.10 Å². The Morgan fingerprint density at radius 2 is 0.609 bits per heavy atom. The lowest BCUT2D eigenvalue weighted by Crippen LogP contribution is -2.30. The van der Waals surface area contributed by atoms with Gasteiger partial charge in [0, 0.05) is 19.3 Å². The maximum absolute atomic E-state index is 12.8. The molecule has 1 unspecified atom stereocenters. The highest BCUT2D eigenvalue weighted by molar-refractivity contribution is 5.71. The Hall–Kier alpha value is -3.15. The first-order valence-corrected chi connectivity index (χ1v) is 26.9. The van der Waals surface area contributed by atoms with Crippen molar-refractivity contribution < 1.29 is 28.6 Å². The van der Waals surface area contributed by atoms with E-state index in [2.05, 4.69) is 93.7 Å². The van der Waals surface area contributed by atoms with Crippen LogP contribution in [0.5, 0.6) is 0 Å². The molecule has 0 aliphatic heterocycles. The zero-order chi connectivity index (χ0) is 46.5. The number of carbonyl (C=O) groups excluding carboxylic acids is 3. The van der Waals surface area contributed by atoms with Crippen LogP contribution in [0.25, 0.3) is 0 Å². The fourth-order valence-electron chi connectivity index (χ4n) is 7.40. The number of unbranched alkanes of at least 4 members (excludes halogenated alkanes) is 25. The number of hydrogen-bond acceptors (Lipinski definition) is 6. The molecule has 368 valence electrons. The highest BCUT2D eigenvalue weighted by Crippen LogP contribution is 2.14. The molecule has 6 nitrogen and oxygen atoms in total. The molecular formula is C58H100O6. The Kier molecular flexibility index (Phi) is 49.9. The van der Waals surface area contributed by atoms with Crippen LogP contribution in [0.3, 0.4) is 0 Å². The van der Waals surface area contributed by atoms with E-state index in [1.807, 2.05) is 0 Å². The van der Waals surface area contributed by atoms with E-state index in [0.29, 0.717) is 19.3 Å². The average Bonchev–Trinajstić information content (AvgIpc) is 3.29. The molecule has 0 saturated carbocycles. The molecule has 0 fully saturated rings. The molecule has 64 heavy (non-hydrogen) atoms. The Morgan fingerprint density at radius 1 is 0.328 bits per heavy atom. The van der Waals surface area contributed by atoms with Gasteiger partial charge in [-0.2, -0.15) is 0 Å². The number of ether oxygens (including phenoxy) is 3. The molecular weight excluding hydrogens is 793 g/mol. The topological polar surface area (TPSA) is 78.9 Å². The molecule has 0 aromatic heterocycles. The molecule has 6 heteroatoms. The van der Waals surface area contributed by atoms with Gasteiger partial charge in [-0.3, -0.25) is 14.4 Å². The summed E-state index contributed by atoms with van der Waals surface area (Å²) < 4.78 is 16.8. The van der Waals surface area contributed by atoms with Crippen molar-refractivity contribution in [3.05, 3.63) is 72.9 Å². The van der Waals surface area contributed by atoms with Crippen molar-refractivity contribution in [1.29, 1.82) is 0 Å². The maximum atomic E-state index is 12.8. The van der Waals surface area contributed by atoms with Crippen LogP contribution in [0.15, 0.2) is 72.9 Å². The van der Waals surface area contributed by atoms with Gasteiger partial charge in [-0.25, -0.2) is 0 Å². The second-order valence-electron chi connectivity index (χ2n) is 17.8. The normalized spacial score (nSPS) is 12.6. The molecule has 0 aliphatic rings. The molecule has 0 aliphatic carbocycles. The van der Waals surface area contributed by atoms with Gasteiger partial charge in [0.05, 0.1) is 0 Å². The first-order valence-electron chi connectivity index (χ1n) is 26.9. The molecule has 0 aromatic rings. The summed E-state index contributed by atoms with van der Waals surface area (Å²) in [6.45, 7) is 6.49. The third-order valence-corrected chi connectivity index (χ3v) is 11.4. The number of carbonyl (C=O) groups is 3. The van der Waals surface area contributed by atoms with Crippen molar-refractivity contribution in [2.75, 3.05) is 13.2 Å². The number of hydrogen-bond donors (Lipinski definition) is 0. The van der Waals surface area contributed by atoms with Crippen molar-refractivity contribution in [2.45, 2.75) is 264 Å². The van der Waals surface area contributed by atoms with Crippen molar-refractivity contribution in [2.24, 2.45) is 0 Å². The van der Waals surface area contributed by atoms with Crippen molar-refractivity contribution in [3.63, 3.8) is 0 Å². The molecule has 0 radical (unpaired) electrons. The van der Waals surface area contributed by atoms with Gasteiger partial charge in [-0.15, -0.1) is 0 Å². The lowest BCUT2D eigenvalue weighted by Gasteiger charge is -2.18. The smallest absolute Gasteiger partial charge is 0.306 e. The molecule has 0 rings (SSSR count). The van der Waals surface area contributed by atoms with Gasteiger partial charge in [0.25, 0.3) is 0 Å². The first kappa shape index (κ1) is 60.9. The number of allylic oxidation sites excluding steroid dienone is 12. The fourth-order valence-corrected chi connectivity index (χ4v) is 7.40. The minimum atomic E-state index is -0.785. The standard InChI is InChI=1S/C58H100O6/c1-4-7-10-13-16-19-22-24-26-27-28-29-30-31-33-34-36-39-42-45-48-51-57(60)63-54-55(53-62-56(59)50-47-44-41-38-21-18-15-12-9-6-3)64-58(61)52-49-46-43-40-37-35-32-25-23-20-17-14-11-8-5-2/h7,10,16,19,24-26,28-29,31-33,55H,4-6,8-9,11-15,17-18,20-23,27,30,34-54H2,1-3H3/b10-7-,19-16-,26-24-,29-28-,32-25-,33-31-. The minimum Gasteiger partial charge on any atom is -0.462 e. The van der Waals surface area contributed by atoms with Crippen LogP contribution >= 0.6 is 0 Å². The molecule has 0 bridgehead atoms. The van der Waals surface area contributed by atoms with Gasteiger partial charge in [-0.1, -0.05) is 222 Å². The van der Waals surface area contributed by atoms with E-state index in [4.69, 9.17) is 14.2 Å². The van der Waals surface area contributed by atoms with Crippen molar-refractivity contribution in [3.8, 4) is 0 Å². The van der Waals surface area contributed by atoms with Crippen LogP contribution in [-0.2, 0) is 28.6 Å². The molecule has 0 aromatic carbocycles. The van der Waals surface area contributed by atoms with Crippen molar-refractivity contribution in [1.82, 2.24) is 0 Å². The quantitative estimate of drug-likeness (QED) is 0.0262. The van der Waals surface area contributed by atoms with Crippen LogP contribution in [0.4, 0.5) is 0 Å². The fraction of sp³-hybridized carbons (Fsp3) is 0.741. The molecule has 0 N–H and O–H groups in total. The van der Waals surface area contributed by atoms with Crippen molar-refractivity contribution >= 4 is 17.9 Å². The summed E-state index contributed by atoms with van der Waals surface area (Å²) >= 11 is 0. The van der Waals surface area contributed by atoms with Crippen LogP contribution in [-0.4, -0.2) is 37.2 Å². The Labute approximate surface area is 395 Å². The Bertz CT molecular complexity index is 1210. The summed E-state index contributed by atoms with van der Waals surface area (Å²) in [5.74, 6) is -0.909. The minimum absolute atomic E-state index is 0.0835. The lowest BCUT2D eigenvalue weighted by molar-refractivity contribution is -0.167. The number of rotatable bonds is 48. The summed E-state index contributed by atoms with van der Waals surface area (Å²) in [6.07, 6.45) is 66.0. The third kappa shape index (κ3) is 49.9. The van der Waals surface area contributed by atoms with E-state index in [9.17, 15) is 14.4 Å². The SMILES string of the molecule is CC/C=C\C/C=C\C/C=C\C/C=C\C/C=C\CCCCCCCC(=O)OCC(COC(=O)CCCCCCCCCCCC)OC(=O)CCCCCCC/C=C\CCCCCCCC. The Balaban J connectivity index is 4.37. The maximum Gasteiger partial charge on any atom is 0.306 e. The highest BCUT2D eigenvalue weighted by Gasteiger charge is 2.19. The molecule has 0 heterocycles. The van der Waals surface area contributed by atoms with E-state index >= 15 is 0 Å². The van der Waals surface area contributed by atoms with Gasteiger partial charge < -0.3 is 14.2 Å². The van der Waals surface area contributed by atoms with Gasteiger partial charge >= 0.3 is 17.9 Å². The molecule has 0 amide bonds. The van der Waals surface area contributed by atoms with Crippen LogP contribution in [0.2, 0.25) is 0 Å². The summed E-state index contributed by atoms with van der Waals surface area (Å²) in [4.78, 5) is 38.0. The second kappa shape index (κ2) is 52.5. The zero-order valence-electron chi connectivity index (χ0n) is 42.0. The lowest BCUT2D eigenvalue weighted by atomic mass is 10.1. The van der Waals surface area contributed by atoms with E-state index in [1.54, 1.807) is 0 Å². The highest BCUT2D eigenvalue weighted by atomic mass is 16.6. The molecule has 0 saturated heterocycles. The third-order valence-electron chi connectivity index (χ3n) is 11.4. The molecule has 0 spiro atoms. The van der Waals surface area contributed by atoms with E-state index in [-0.39, 0.29) is 31.1 Å². The van der Waals surface area contributed by atoms with E-state index < -0.39 is 6.10 Å². The summed E-state index contributed by atoms with van der Waals surface area (Å²) in [6, 6.07) is 0. The Morgan fingerprint density at radius 3 is 0.969 bits per heavy atom. The first-order chi connectivity index (χ1) is 31.5. The van der Waals surface area contributed by atoms with Gasteiger partial charge in [0.2, 0.25) is 0 Å². The van der Waals surface area contributed by atoms with E-state index in [0.717, 1.165) is 122 Å². The van der Waals surface area contributed by atoms with Gasteiger partial charge in [-0.05, 0) is 89.9 Å². The van der Waals surface area contributed by atoms with E-state index in [1.165, 1.54) is 96.3 Å². The average molecular weight is 893 g/mol. The second-order valence-corrected chi connectivity index (χ2v) is 17.8.